The number of phenols is 2. The first kappa shape index (κ1) is 19.3. The van der Waals surface area contributed by atoms with Gasteiger partial charge in [0.15, 0.2) is 23.0 Å². The molecular weight excluding hydrogens is 352 g/mol. The van der Waals surface area contributed by atoms with Crippen molar-refractivity contribution in [3.63, 3.8) is 0 Å². The van der Waals surface area contributed by atoms with Crippen molar-refractivity contribution >= 4 is 0 Å². The maximum Gasteiger partial charge on any atom is 0.160 e. The van der Waals surface area contributed by atoms with Crippen molar-refractivity contribution < 1.29 is 34.6 Å². The van der Waals surface area contributed by atoms with E-state index in [1.54, 1.807) is 24.3 Å². The second-order valence-electron chi connectivity index (χ2n) is 6.62. The number of hydrogen-bond acceptors (Lipinski definition) is 7. The third kappa shape index (κ3) is 3.80. The van der Waals surface area contributed by atoms with E-state index in [0.29, 0.717) is 24.3 Å². The first-order valence-corrected chi connectivity index (χ1v) is 8.64. The molecule has 0 aromatic heterocycles. The van der Waals surface area contributed by atoms with Crippen LogP contribution in [0.1, 0.15) is 23.3 Å². The maximum atomic E-state index is 10.8. The zero-order valence-electron chi connectivity index (χ0n) is 15.2. The summed E-state index contributed by atoms with van der Waals surface area (Å²) in [6, 6.07) is 9.31. The predicted molar refractivity (Wildman–Crippen MR) is 97.0 cm³/mol. The molecule has 0 saturated carbocycles. The lowest BCUT2D eigenvalue weighted by molar-refractivity contribution is 0.0302. The molecule has 3 rings (SSSR count). The van der Waals surface area contributed by atoms with E-state index >= 15 is 0 Å². The molecular formula is C20H24O7. The Bertz CT molecular complexity index is 726. The van der Waals surface area contributed by atoms with E-state index in [9.17, 15) is 20.4 Å². The monoisotopic (exact) mass is 376 g/mol. The van der Waals surface area contributed by atoms with Crippen LogP contribution in [0.15, 0.2) is 36.4 Å². The lowest BCUT2D eigenvalue weighted by atomic mass is 9.81. The van der Waals surface area contributed by atoms with Crippen molar-refractivity contribution in [3.05, 3.63) is 47.5 Å². The summed E-state index contributed by atoms with van der Waals surface area (Å²) < 4.78 is 15.7. The molecule has 0 aliphatic carbocycles. The van der Waals surface area contributed by atoms with E-state index in [2.05, 4.69) is 0 Å². The van der Waals surface area contributed by atoms with Gasteiger partial charge < -0.3 is 34.6 Å². The standard InChI is InChI=1S/C20H24O7/c1-25-17-7-11(3-5-15(17)21)19(23)13-9-27-10-14(13)20(24)12-4-6-16(22)18(8-12)26-2/h3-8,13-14,19-24H,9-10H2,1-2H3/t13-,14-,19+,20+/m0/s1. The van der Waals surface area contributed by atoms with Gasteiger partial charge in [-0.15, -0.1) is 0 Å². The average Bonchev–Trinajstić information content (AvgIpc) is 3.17. The van der Waals surface area contributed by atoms with Gasteiger partial charge in [-0.1, -0.05) is 12.1 Å². The fraction of sp³-hybridized carbons (Fsp3) is 0.400. The van der Waals surface area contributed by atoms with E-state index in [-0.39, 0.29) is 34.8 Å². The Hall–Kier alpha value is -2.48. The maximum absolute atomic E-state index is 10.8. The summed E-state index contributed by atoms with van der Waals surface area (Å²) in [6.45, 7) is 0.586. The Morgan fingerprint density at radius 1 is 0.815 bits per heavy atom. The second kappa shape index (κ2) is 8.04. The van der Waals surface area contributed by atoms with Gasteiger partial charge in [0.25, 0.3) is 0 Å². The van der Waals surface area contributed by atoms with E-state index in [0.717, 1.165) is 0 Å². The van der Waals surface area contributed by atoms with Gasteiger partial charge in [-0.3, -0.25) is 0 Å². The topological polar surface area (TPSA) is 109 Å². The third-order valence-electron chi connectivity index (χ3n) is 5.07. The Balaban J connectivity index is 1.84. The van der Waals surface area contributed by atoms with Crippen molar-refractivity contribution in [1.82, 2.24) is 0 Å². The molecule has 2 aromatic carbocycles. The summed E-state index contributed by atoms with van der Waals surface area (Å²) in [5, 5.41) is 41.2. The molecule has 0 amide bonds. The van der Waals surface area contributed by atoms with E-state index in [1.165, 1.54) is 26.4 Å². The molecule has 0 bridgehead atoms. The molecule has 1 saturated heterocycles. The number of hydrogen-bond donors (Lipinski definition) is 4. The van der Waals surface area contributed by atoms with Crippen LogP contribution in [0.25, 0.3) is 0 Å². The summed E-state index contributed by atoms with van der Waals surface area (Å²) in [5.74, 6) is -0.187. The molecule has 1 aliphatic heterocycles. The number of benzene rings is 2. The summed E-state index contributed by atoms with van der Waals surface area (Å²) in [5.41, 5.74) is 1.14. The molecule has 146 valence electrons. The molecule has 1 aliphatic rings. The number of ether oxygens (including phenoxy) is 3. The molecule has 0 unspecified atom stereocenters. The van der Waals surface area contributed by atoms with Crippen molar-refractivity contribution in [2.75, 3.05) is 27.4 Å². The zero-order chi connectivity index (χ0) is 19.6. The van der Waals surface area contributed by atoms with Crippen molar-refractivity contribution in [1.29, 1.82) is 0 Å². The number of methoxy groups -OCH3 is 2. The first-order valence-electron chi connectivity index (χ1n) is 8.64. The largest absolute Gasteiger partial charge is 0.504 e. The van der Waals surface area contributed by atoms with Crippen LogP contribution >= 0.6 is 0 Å². The Labute approximate surface area is 157 Å². The number of aliphatic hydroxyl groups excluding tert-OH is 2. The van der Waals surface area contributed by atoms with Gasteiger partial charge in [-0.2, -0.15) is 0 Å². The molecule has 7 nitrogen and oxygen atoms in total. The second-order valence-corrected chi connectivity index (χ2v) is 6.62. The summed E-state index contributed by atoms with van der Waals surface area (Å²) in [6.07, 6.45) is -1.80. The normalized spacial score (nSPS) is 21.6. The van der Waals surface area contributed by atoms with Crippen LogP contribution in [0.5, 0.6) is 23.0 Å². The summed E-state index contributed by atoms with van der Waals surface area (Å²) in [4.78, 5) is 0. The number of phenolic OH excluding ortho intramolecular Hbond substituents is 2. The van der Waals surface area contributed by atoms with Crippen molar-refractivity contribution in [2.45, 2.75) is 12.2 Å². The highest BCUT2D eigenvalue weighted by atomic mass is 16.5. The van der Waals surface area contributed by atoms with Gasteiger partial charge in [-0.05, 0) is 35.4 Å². The third-order valence-corrected chi connectivity index (χ3v) is 5.07. The van der Waals surface area contributed by atoms with Gasteiger partial charge in [-0.25, -0.2) is 0 Å². The molecule has 0 radical (unpaired) electrons. The molecule has 2 aromatic rings. The smallest absolute Gasteiger partial charge is 0.160 e. The first-order chi connectivity index (χ1) is 13.0. The van der Waals surface area contributed by atoms with Crippen molar-refractivity contribution in [2.24, 2.45) is 11.8 Å². The molecule has 4 atom stereocenters. The van der Waals surface area contributed by atoms with Gasteiger partial charge in [0, 0.05) is 11.8 Å². The molecule has 27 heavy (non-hydrogen) atoms. The predicted octanol–water partition coefficient (Wildman–Crippen LogP) is 2.14. The van der Waals surface area contributed by atoms with Crippen LogP contribution in [0.3, 0.4) is 0 Å². The molecule has 1 fully saturated rings. The lowest BCUT2D eigenvalue weighted by Gasteiger charge is -2.27. The Morgan fingerprint density at radius 3 is 1.59 bits per heavy atom. The SMILES string of the molecule is COc1cc([C@@H](O)[C@H]2COC[C@@H]2[C@H](O)c2ccc(O)c(OC)c2)ccc1O. The summed E-state index contributed by atoms with van der Waals surface area (Å²) >= 11 is 0. The fourth-order valence-corrected chi connectivity index (χ4v) is 3.49. The van der Waals surface area contributed by atoms with E-state index < -0.39 is 12.2 Å². The van der Waals surface area contributed by atoms with Crippen LogP contribution < -0.4 is 9.47 Å². The highest BCUT2D eigenvalue weighted by Gasteiger charge is 2.39. The molecule has 0 spiro atoms. The van der Waals surface area contributed by atoms with Crippen LogP contribution in [-0.2, 0) is 4.74 Å². The lowest BCUT2D eigenvalue weighted by Crippen LogP contribution is -2.26. The number of aromatic hydroxyl groups is 2. The van der Waals surface area contributed by atoms with Gasteiger partial charge in [0.2, 0.25) is 0 Å². The highest BCUT2D eigenvalue weighted by molar-refractivity contribution is 5.43. The van der Waals surface area contributed by atoms with Crippen LogP contribution in [-0.4, -0.2) is 47.9 Å². The van der Waals surface area contributed by atoms with Crippen molar-refractivity contribution in [3.8, 4) is 23.0 Å². The van der Waals surface area contributed by atoms with Gasteiger partial charge in [0.1, 0.15) is 0 Å². The quantitative estimate of drug-likeness (QED) is 0.612. The minimum absolute atomic E-state index is 0.0103. The summed E-state index contributed by atoms with van der Waals surface area (Å²) in [7, 11) is 2.88. The van der Waals surface area contributed by atoms with Gasteiger partial charge in [0.05, 0.1) is 39.6 Å². The minimum atomic E-state index is -0.902. The van der Waals surface area contributed by atoms with Crippen LogP contribution in [0, 0.1) is 11.8 Å². The van der Waals surface area contributed by atoms with Gasteiger partial charge >= 0.3 is 0 Å². The Morgan fingerprint density at radius 2 is 1.22 bits per heavy atom. The average molecular weight is 376 g/mol. The van der Waals surface area contributed by atoms with E-state index in [4.69, 9.17) is 14.2 Å². The zero-order valence-corrected chi connectivity index (χ0v) is 15.2. The van der Waals surface area contributed by atoms with Crippen LogP contribution in [0.4, 0.5) is 0 Å². The molecule has 4 N–H and O–H groups in total. The molecule has 7 heteroatoms. The van der Waals surface area contributed by atoms with Crippen LogP contribution in [0.2, 0.25) is 0 Å². The minimum Gasteiger partial charge on any atom is -0.504 e. The molecule has 1 heterocycles. The fourth-order valence-electron chi connectivity index (χ4n) is 3.49. The highest BCUT2D eigenvalue weighted by Crippen LogP contribution is 2.42. The van der Waals surface area contributed by atoms with E-state index in [1.807, 2.05) is 0 Å². The Kier molecular flexibility index (Phi) is 5.74. The number of aliphatic hydroxyl groups is 2. The number of rotatable bonds is 6.